The van der Waals surface area contributed by atoms with Crippen molar-refractivity contribution in [1.29, 1.82) is 0 Å². The third-order valence-corrected chi connectivity index (χ3v) is 4.86. The smallest absolute Gasteiger partial charge is 0.237 e. The molecule has 2 rings (SSSR count). The summed E-state index contributed by atoms with van der Waals surface area (Å²) in [7, 11) is -3.49. The summed E-state index contributed by atoms with van der Waals surface area (Å²) in [6, 6.07) is 9.10. The molecule has 2 aromatic rings. The molecule has 1 aromatic carbocycles. The van der Waals surface area contributed by atoms with Gasteiger partial charge in [-0.25, -0.2) is 8.42 Å². The third kappa shape index (κ3) is 5.61. The molecule has 0 amide bonds. The van der Waals surface area contributed by atoms with E-state index in [1.165, 1.54) is 11.3 Å². The molecule has 0 bridgehead atoms. The number of benzene rings is 1. The Bertz CT molecular complexity index is 684. The molecule has 1 aromatic heterocycles. The molecule has 0 saturated heterocycles. The predicted octanol–water partition coefficient (Wildman–Crippen LogP) is 2.56. The van der Waals surface area contributed by atoms with Gasteiger partial charge in [0.05, 0.1) is 0 Å². The van der Waals surface area contributed by atoms with Crippen molar-refractivity contribution in [3.63, 3.8) is 0 Å². The van der Waals surface area contributed by atoms with Crippen molar-refractivity contribution in [2.45, 2.75) is 20.3 Å². The van der Waals surface area contributed by atoms with E-state index in [0.29, 0.717) is 16.8 Å². The van der Waals surface area contributed by atoms with E-state index < -0.39 is 10.0 Å². The highest BCUT2D eigenvalue weighted by Gasteiger charge is 2.14. The highest BCUT2D eigenvalue weighted by Crippen LogP contribution is 2.19. The van der Waals surface area contributed by atoms with Gasteiger partial charge in [-0.05, 0) is 18.1 Å². The van der Waals surface area contributed by atoms with Crippen LogP contribution in [0.2, 0.25) is 0 Å². The van der Waals surface area contributed by atoms with Crippen LogP contribution in [0.5, 0.6) is 5.75 Å². The van der Waals surface area contributed by atoms with Gasteiger partial charge in [-0.1, -0.05) is 43.4 Å². The van der Waals surface area contributed by atoms with E-state index in [4.69, 9.17) is 4.74 Å². The van der Waals surface area contributed by atoms with Gasteiger partial charge in [-0.15, -0.1) is 10.2 Å². The maximum atomic E-state index is 12.0. The minimum atomic E-state index is -3.49. The second-order valence-electron chi connectivity index (χ2n) is 5.18. The van der Waals surface area contributed by atoms with E-state index in [1.807, 2.05) is 18.2 Å². The average Bonchev–Trinajstić information content (AvgIpc) is 2.85. The van der Waals surface area contributed by atoms with Gasteiger partial charge >= 0.3 is 0 Å². The standard InChI is InChI=1S/C14H19N3O3S2/c1-11(2)10-13-15-16-14(21-13)17-22(18,19)9-8-20-12-6-4-3-5-7-12/h3-7,11H,8-10H2,1-2H3,(H,16,17). The summed E-state index contributed by atoms with van der Waals surface area (Å²) < 4.78 is 31.8. The highest BCUT2D eigenvalue weighted by atomic mass is 32.2. The second kappa shape index (κ2) is 7.55. The molecule has 0 fully saturated rings. The lowest BCUT2D eigenvalue weighted by Gasteiger charge is -2.07. The molecular weight excluding hydrogens is 322 g/mol. The number of para-hydroxylation sites is 1. The Morgan fingerprint density at radius 3 is 2.64 bits per heavy atom. The van der Waals surface area contributed by atoms with Gasteiger partial charge in [0.1, 0.15) is 23.1 Å². The normalized spacial score (nSPS) is 11.6. The van der Waals surface area contributed by atoms with Crippen molar-refractivity contribution in [3.05, 3.63) is 35.3 Å². The summed E-state index contributed by atoms with van der Waals surface area (Å²) in [5.74, 6) is 0.963. The molecule has 0 aliphatic heterocycles. The van der Waals surface area contributed by atoms with Crippen molar-refractivity contribution in [1.82, 2.24) is 10.2 Å². The number of aromatic nitrogens is 2. The third-order valence-electron chi connectivity index (χ3n) is 2.66. The first kappa shape index (κ1) is 16.7. The molecule has 0 spiro atoms. The first-order chi connectivity index (χ1) is 10.4. The lowest BCUT2D eigenvalue weighted by atomic mass is 10.1. The number of anilines is 1. The Morgan fingerprint density at radius 1 is 1.23 bits per heavy atom. The zero-order valence-corrected chi connectivity index (χ0v) is 14.2. The van der Waals surface area contributed by atoms with Gasteiger partial charge in [-0.3, -0.25) is 4.72 Å². The first-order valence-corrected chi connectivity index (χ1v) is 9.42. The number of ether oxygens (including phenoxy) is 1. The first-order valence-electron chi connectivity index (χ1n) is 6.95. The molecule has 0 aliphatic carbocycles. The maximum Gasteiger partial charge on any atom is 0.237 e. The average molecular weight is 341 g/mol. The number of hydrogen-bond acceptors (Lipinski definition) is 6. The van der Waals surface area contributed by atoms with Crippen LogP contribution in [0, 0.1) is 5.92 Å². The van der Waals surface area contributed by atoms with Crippen molar-refractivity contribution in [3.8, 4) is 5.75 Å². The lowest BCUT2D eigenvalue weighted by molar-refractivity contribution is 0.341. The highest BCUT2D eigenvalue weighted by molar-refractivity contribution is 7.92. The van der Waals surface area contributed by atoms with Crippen LogP contribution in [-0.2, 0) is 16.4 Å². The summed E-state index contributed by atoms with van der Waals surface area (Å²) >= 11 is 1.26. The minimum absolute atomic E-state index is 0.0804. The van der Waals surface area contributed by atoms with Crippen LogP contribution >= 0.6 is 11.3 Å². The molecule has 1 heterocycles. The quantitative estimate of drug-likeness (QED) is 0.798. The molecule has 0 aliphatic rings. The van der Waals surface area contributed by atoms with Gasteiger partial charge in [0, 0.05) is 6.42 Å². The Balaban J connectivity index is 1.84. The Morgan fingerprint density at radius 2 is 1.95 bits per heavy atom. The number of hydrogen-bond donors (Lipinski definition) is 1. The van der Waals surface area contributed by atoms with Crippen LogP contribution in [0.15, 0.2) is 30.3 Å². The molecular formula is C14H19N3O3S2. The van der Waals surface area contributed by atoms with Gasteiger partial charge in [-0.2, -0.15) is 0 Å². The number of rotatable bonds is 8. The zero-order chi connectivity index (χ0) is 16.0. The molecule has 6 nitrogen and oxygen atoms in total. The van der Waals surface area contributed by atoms with Gasteiger partial charge < -0.3 is 4.74 Å². The molecule has 0 radical (unpaired) electrons. The van der Waals surface area contributed by atoms with Crippen molar-refractivity contribution >= 4 is 26.5 Å². The SMILES string of the molecule is CC(C)Cc1nnc(NS(=O)(=O)CCOc2ccccc2)s1. The Hall–Kier alpha value is -1.67. The van der Waals surface area contributed by atoms with Crippen LogP contribution in [0.4, 0.5) is 5.13 Å². The van der Waals surface area contributed by atoms with Crippen LogP contribution in [0.3, 0.4) is 0 Å². The van der Waals surface area contributed by atoms with E-state index in [0.717, 1.165) is 11.4 Å². The Kier molecular flexibility index (Phi) is 5.73. The molecule has 0 atom stereocenters. The summed E-state index contributed by atoms with van der Waals surface area (Å²) in [6.07, 6.45) is 0.788. The van der Waals surface area contributed by atoms with Crippen molar-refractivity contribution < 1.29 is 13.2 Å². The van der Waals surface area contributed by atoms with Crippen LogP contribution < -0.4 is 9.46 Å². The topological polar surface area (TPSA) is 81.2 Å². The van der Waals surface area contributed by atoms with Crippen LogP contribution in [0.1, 0.15) is 18.9 Å². The number of sulfonamides is 1. The molecule has 1 N–H and O–H groups in total. The largest absolute Gasteiger partial charge is 0.492 e. The number of nitrogens with one attached hydrogen (secondary N) is 1. The fraction of sp³-hybridized carbons (Fsp3) is 0.429. The summed E-state index contributed by atoms with van der Waals surface area (Å²) in [5, 5.41) is 8.97. The summed E-state index contributed by atoms with van der Waals surface area (Å²) in [5.41, 5.74) is 0. The van der Waals surface area contributed by atoms with E-state index in [1.54, 1.807) is 12.1 Å². The lowest BCUT2D eigenvalue weighted by Crippen LogP contribution is -2.21. The number of nitrogens with zero attached hydrogens (tertiary/aromatic N) is 2. The van der Waals surface area contributed by atoms with Gasteiger partial charge in [0.15, 0.2) is 0 Å². The summed E-state index contributed by atoms with van der Waals surface area (Å²) in [6.45, 7) is 4.23. The second-order valence-corrected chi connectivity index (χ2v) is 8.09. The fourth-order valence-corrected chi connectivity index (χ4v) is 3.76. The molecule has 0 saturated carbocycles. The van der Waals surface area contributed by atoms with E-state index in [-0.39, 0.29) is 12.4 Å². The maximum absolute atomic E-state index is 12.0. The van der Waals surface area contributed by atoms with Crippen molar-refractivity contribution in [2.75, 3.05) is 17.1 Å². The van der Waals surface area contributed by atoms with E-state index in [2.05, 4.69) is 28.8 Å². The van der Waals surface area contributed by atoms with E-state index in [9.17, 15) is 8.42 Å². The monoisotopic (exact) mass is 341 g/mol. The van der Waals surface area contributed by atoms with Gasteiger partial charge in [0.25, 0.3) is 0 Å². The molecule has 0 unspecified atom stereocenters. The minimum Gasteiger partial charge on any atom is -0.492 e. The van der Waals surface area contributed by atoms with Crippen LogP contribution in [-0.4, -0.2) is 31.0 Å². The summed E-state index contributed by atoms with van der Waals surface area (Å²) in [4.78, 5) is 0. The predicted molar refractivity (Wildman–Crippen MR) is 87.8 cm³/mol. The molecule has 8 heteroatoms. The molecule has 120 valence electrons. The van der Waals surface area contributed by atoms with Crippen LogP contribution in [0.25, 0.3) is 0 Å². The Labute approximate surface area is 134 Å². The van der Waals surface area contributed by atoms with Crippen molar-refractivity contribution in [2.24, 2.45) is 5.92 Å². The zero-order valence-electron chi connectivity index (χ0n) is 12.5. The fourth-order valence-electron chi connectivity index (χ4n) is 1.70. The van der Waals surface area contributed by atoms with Gasteiger partial charge in [0.2, 0.25) is 15.2 Å². The van der Waals surface area contributed by atoms with E-state index >= 15 is 0 Å². The molecule has 22 heavy (non-hydrogen) atoms.